The van der Waals surface area contributed by atoms with Crippen molar-refractivity contribution in [3.63, 3.8) is 0 Å². The van der Waals surface area contributed by atoms with Crippen molar-refractivity contribution in [2.45, 2.75) is 70.3 Å². The summed E-state index contributed by atoms with van der Waals surface area (Å²) in [5.41, 5.74) is 8.01. The molecule has 3 atom stereocenters. The van der Waals surface area contributed by atoms with Gasteiger partial charge in [0.05, 0.1) is 12.5 Å². The van der Waals surface area contributed by atoms with Crippen LogP contribution in [0.3, 0.4) is 0 Å². The molecule has 32 heavy (non-hydrogen) atoms. The molecule has 0 bridgehead atoms. The van der Waals surface area contributed by atoms with Gasteiger partial charge in [-0.15, -0.1) is 24.0 Å². The minimum atomic E-state index is -0.168. The zero-order valence-corrected chi connectivity index (χ0v) is 22.7. The first-order chi connectivity index (χ1) is 15.1. The van der Waals surface area contributed by atoms with Gasteiger partial charge in [0, 0.05) is 30.9 Å². The highest BCUT2D eigenvalue weighted by atomic mass is 127. The van der Waals surface area contributed by atoms with E-state index in [0.29, 0.717) is 12.6 Å². The molecule has 1 aliphatic carbocycles. The second-order valence-corrected chi connectivity index (χ2v) is 10.3. The van der Waals surface area contributed by atoms with Crippen LogP contribution in [0.1, 0.15) is 57.1 Å². The van der Waals surface area contributed by atoms with Crippen LogP contribution in [0.15, 0.2) is 29.3 Å². The Morgan fingerprint density at radius 1 is 1.25 bits per heavy atom. The number of halogens is 1. The molecule has 4 N–H and O–H groups in total. The van der Waals surface area contributed by atoms with Crippen molar-refractivity contribution in [1.82, 2.24) is 15.5 Å². The largest absolute Gasteiger partial charge is 0.369 e. The van der Waals surface area contributed by atoms with Crippen molar-refractivity contribution in [3.8, 4) is 0 Å². The first kappa shape index (κ1) is 27.2. The second-order valence-electron chi connectivity index (χ2n) is 8.72. The number of likely N-dealkylation sites (tertiary alicyclic amines) is 1. The van der Waals surface area contributed by atoms with E-state index in [9.17, 15) is 4.79 Å². The molecule has 3 unspecified atom stereocenters. The number of carbonyl (C=O) groups excluding carboxylic acids is 1. The SMILES string of the molecule is CCNC(=NCc1cccc(CN2CCCC(C(N)=O)C2)c1)NC1CCC(SCC)C1.I. The number of piperidine rings is 1. The smallest absolute Gasteiger partial charge is 0.221 e. The van der Waals surface area contributed by atoms with Gasteiger partial charge in [0.2, 0.25) is 5.91 Å². The summed E-state index contributed by atoms with van der Waals surface area (Å²) < 4.78 is 0. The molecule has 8 heteroatoms. The number of hydrogen-bond donors (Lipinski definition) is 3. The van der Waals surface area contributed by atoms with E-state index < -0.39 is 0 Å². The number of aliphatic imine (C=N–C) groups is 1. The molecule has 2 fully saturated rings. The minimum Gasteiger partial charge on any atom is -0.369 e. The first-order valence-electron chi connectivity index (χ1n) is 11.8. The number of nitrogens with one attached hydrogen (secondary N) is 2. The number of rotatable bonds is 9. The van der Waals surface area contributed by atoms with E-state index in [1.165, 1.54) is 36.1 Å². The Labute approximate surface area is 215 Å². The lowest BCUT2D eigenvalue weighted by molar-refractivity contribution is -0.123. The molecule has 6 nitrogen and oxygen atoms in total. The van der Waals surface area contributed by atoms with E-state index in [1.54, 1.807) is 0 Å². The van der Waals surface area contributed by atoms with Crippen LogP contribution in [0.5, 0.6) is 0 Å². The van der Waals surface area contributed by atoms with E-state index >= 15 is 0 Å². The number of amides is 1. The average Bonchev–Trinajstić information content (AvgIpc) is 3.20. The fraction of sp³-hybridized carbons (Fsp3) is 0.667. The number of thioether (sulfide) groups is 1. The molecule has 180 valence electrons. The Kier molecular flexibility index (Phi) is 12.2. The lowest BCUT2D eigenvalue weighted by Crippen LogP contribution is -2.42. The van der Waals surface area contributed by atoms with E-state index in [2.05, 4.69) is 65.4 Å². The van der Waals surface area contributed by atoms with Crippen LogP contribution in [0, 0.1) is 5.92 Å². The van der Waals surface area contributed by atoms with Crippen LogP contribution in [-0.4, -0.2) is 53.4 Å². The fourth-order valence-electron chi connectivity index (χ4n) is 4.66. The Hall–Kier alpha value is -1.00. The molecular weight excluding hydrogens is 533 g/mol. The number of guanidine groups is 1. The van der Waals surface area contributed by atoms with Crippen LogP contribution in [0.4, 0.5) is 0 Å². The fourth-order valence-corrected chi connectivity index (χ4v) is 5.80. The monoisotopic (exact) mass is 573 g/mol. The third kappa shape index (κ3) is 8.74. The molecule has 1 aromatic carbocycles. The summed E-state index contributed by atoms with van der Waals surface area (Å²) in [6.07, 6.45) is 5.69. The van der Waals surface area contributed by atoms with Crippen LogP contribution in [0.25, 0.3) is 0 Å². The standard InChI is InChI=1S/C24H39N5OS.HI/c1-3-26-24(28-21-10-11-22(14-21)31-4-2)27-15-18-7-5-8-19(13-18)16-29-12-6-9-20(17-29)23(25)30;/h5,7-8,13,20-22H,3-4,6,9-12,14-17H2,1-2H3,(H2,25,30)(H2,26,27,28);1H. The minimum absolute atomic E-state index is 0. The van der Waals surface area contributed by atoms with Crippen LogP contribution < -0.4 is 16.4 Å². The zero-order chi connectivity index (χ0) is 22.1. The molecule has 1 aliphatic heterocycles. The zero-order valence-electron chi connectivity index (χ0n) is 19.5. The van der Waals surface area contributed by atoms with Crippen molar-refractivity contribution in [2.24, 2.45) is 16.6 Å². The van der Waals surface area contributed by atoms with E-state index in [-0.39, 0.29) is 35.8 Å². The number of primary amides is 1. The number of nitrogens with zero attached hydrogens (tertiary/aromatic N) is 2. The lowest BCUT2D eigenvalue weighted by atomic mass is 9.97. The Balaban J connectivity index is 0.00000363. The van der Waals surface area contributed by atoms with Gasteiger partial charge >= 0.3 is 0 Å². The maximum atomic E-state index is 11.6. The third-order valence-electron chi connectivity index (χ3n) is 6.20. The molecule has 3 rings (SSSR count). The Bertz CT molecular complexity index is 747. The molecule has 1 saturated heterocycles. The van der Waals surface area contributed by atoms with Crippen LogP contribution in [-0.2, 0) is 17.9 Å². The van der Waals surface area contributed by atoms with Crippen molar-refractivity contribution in [1.29, 1.82) is 0 Å². The molecular formula is C24H40IN5OS. The number of benzene rings is 1. The van der Waals surface area contributed by atoms with Crippen LogP contribution in [0.2, 0.25) is 0 Å². The maximum Gasteiger partial charge on any atom is 0.221 e. The number of nitrogens with two attached hydrogens (primary N) is 1. The molecule has 0 aromatic heterocycles. The first-order valence-corrected chi connectivity index (χ1v) is 12.9. The summed E-state index contributed by atoms with van der Waals surface area (Å²) in [6.45, 7) is 8.53. The van der Waals surface area contributed by atoms with Gasteiger partial charge < -0.3 is 16.4 Å². The Morgan fingerprint density at radius 2 is 2.06 bits per heavy atom. The van der Waals surface area contributed by atoms with E-state index in [4.69, 9.17) is 10.7 Å². The molecule has 2 aliphatic rings. The Morgan fingerprint density at radius 3 is 2.81 bits per heavy atom. The molecule has 1 aromatic rings. The van der Waals surface area contributed by atoms with E-state index in [1.807, 2.05) is 0 Å². The normalized spacial score (nSPS) is 24.1. The molecule has 1 amide bonds. The number of hydrogen-bond acceptors (Lipinski definition) is 4. The highest BCUT2D eigenvalue weighted by molar-refractivity contribution is 14.0. The lowest BCUT2D eigenvalue weighted by Gasteiger charge is -2.31. The summed E-state index contributed by atoms with van der Waals surface area (Å²) in [4.78, 5) is 18.8. The van der Waals surface area contributed by atoms with Crippen molar-refractivity contribution in [3.05, 3.63) is 35.4 Å². The predicted molar refractivity (Wildman–Crippen MR) is 147 cm³/mol. The summed E-state index contributed by atoms with van der Waals surface area (Å²) in [6, 6.07) is 9.17. The van der Waals surface area contributed by atoms with Gasteiger partial charge in [-0.05, 0) is 62.5 Å². The van der Waals surface area contributed by atoms with Crippen molar-refractivity contribution < 1.29 is 4.79 Å². The van der Waals surface area contributed by atoms with Gasteiger partial charge in [-0.25, -0.2) is 4.99 Å². The van der Waals surface area contributed by atoms with Gasteiger partial charge in [-0.3, -0.25) is 9.69 Å². The summed E-state index contributed by atoms with van der Waals surface area (Å²) in [7, 11) is 0. The molecule has 0 radical (unpaired) electrons. The molecule has 1 saturated carbocycles. The van der Waals surface area contributed by atoms with Gasteiger partial charge in [0.25, 0.3) is 0 Å². The topological polar surface area (TPSA) is 82.8 Å². The predicted octanol–water partition coefficient (Wildman–Crippen LogP) is 3.73. The highest BCUT2D eigenvalue weighted by Crippen LogP contribution is 2.29. The summed E-state index contributed by atoms with van der Waals surface area (Å²) >= 11 is 2.08. The summed E-state index contributed by atoms with van der Waals surface area (Å²) in [5.74, 6) is 1.93. The highest BCUT2D eigenvalue weighted by Gasteiger charge is 2.25. The quantitative estimate of drug-likeness (QED) is 0.238. The third-order valence-corrected chi connectivity index (χ3v) is 7.43. The van der Waals surface area contributed by atoms with Crippen molar-refractivity contribution >= 4 is 47.6 Å². The second kappa shape index (κ2) is 14.3. The number of carbonyl (C=O) groups is 1. The van der Waals surface area contributed by atoms with Gasteiger partial charge in [0.15, 0.2) is 5.96 Å². The van der Waals surface area contributed by atoms with Crippen LogP contribution >= 0.6 is 35.7 Å². The van der Waals surface area contributed by atoms with Gasteiger partial charge in [0.1, 0.15) is 0 Å². The summed E-state index contributed by atoms with van der Waals surface area (Å²) in [5, 5.41) is 7.83. The molecule has 0 spiro atoms. The van der Waals surface area contributed by atoms with E-state index in [0.717, 1.165) is 50.2 Å². The van der Waals surface area contributed by atoms with Gasteiger partial charge in [-0.2, -0.15) is 11.8 Å². The maximum absolute atomic E-state index is 11.6. The molecule has 1 heterocycles. The average molecular weight is 574 g/mol. The van der Waals surface area contributed by atoms with Gasteiger partial charge in [-0.1, -0.05) is 31.2 Å². The van der Waals surface area contributed by atoms with Crippen molar-refractivity contribution in [2.75, 3.05) is 25.4 Å².